The first-order chi connectivity index (χ1) is 13.1. The molecule has 0 saturated heterocycles. The standard InChI is InChI=1S/C20H16O8/c1-20(27)18(26)9-6-8-12(16(24)13(9)17(25)19(20)28-2)15(23)11-7(14(8)22)4-3-5-10(11)21/h3-6,17,19,21,24-25,27H,1-2H3/t17-,19+,20+/m1/s1. The minimum Gasteiger partial charge on any atom is -0.507 e. The second kappa shape index (κ2) is 5.71. The molecule has 2 aliphatic carbocycles. The van der Waals surface area contributed by atoms with E-state index >= 15 is 0 Å². The summed E-state index contributed by atoms with van der Waals surface area (Å²) in [5.41, 5.74) is -3.68. The normalized spacial score (nSPS) is 25.9. The van der Waals surface area contributed by atoms with Crippen LogP contribution in [0.2, 0.25) is 0 Å². The summed E-state index contributed by atoms with van der Waals surface area (Å²) in [4.78, 5) is 38.6. The van der Waals surface area contributed by atoms with E-state index in [1.807, 2.05) is 0 Å². The number of ether oxygens (including phenoxy) is 1. The number of Topliss-reactive ketones (excluding diaryl/α,β-unsaturated/α-hetero) is 1. The molecule has 3 atom stereocenters. The Labute approximate surface area is 158 Å². The molecule has 2 aromatic rings. The average Bonchev–Trinajstić information content (AvgIpc) is 2.63. The Morgan fingerprint density at radius 3 is 2.32 bits per heavy atom. The summed E-state index contributed by atoms with van der Waals surface area (Å²) in [6, 6.07) is 5.07. The lowest BCUT2D eigenvalue weighted by molar-refractivity contribution is -0.119. The van der Waals surface area contributed by atoms with E-state index < -0.39 is 52.2 Å². The van der Waals surface area contributed by atoms with Gasteiger partial charge in [-0.25, -0.2) is 0 Å². The van der Waals surface area contributed by atoms with Gasteiger partial charge in [-0.15, -0.1) is 0 Å². The van der Waals surface area contributed by atoms with Gasteiger partial charge in [0.05, 0.1) is 11.1 Å². The Hall–Kier alpha value is -3.07. The topological polar surface area (TPSA) is 141 Å². The zero-order chi connectivity index (χ0) is 20.5. The zero-order valence-corrected chi connectivity index (χ0v) is 14.9. The molecule has 0 aromatic heterocycles. The van der Waals surface area contributed by atoms with Gasteiger partial charge in [-0.1, -0.05) is 12.1 Å². The highest BCUT2D eigenvalue weighted by Crippen LogP contribution is 2.46. The van der Waals surface area contributed by atoms with Crippen molar-refractivity contribution < 1.29 is 39.5 Å². The molecule has 8 heteroatoms. The van der Waals surface area contributed by atoms with Crippen LogP contribution in [0.4, 0.5) is 0 Å². The first kappa shape index (κ1) is 18.3. The lowest BCUT2D eigenvalue weighted by Crippen LogP contribution is -2.54. The highest BCUT2D eigenvalue weighted by Gasteiger charge is 2.52. The summed E-state index contributed by atoms with van der Waals surface area (Å²) in [5, 5.41) is 41.9. The third kappa shape index (κ3) is 2.07. The van der Waals surface area contributed by atoms with E-state index in [9.17, 15) is 34.8 Å². The van der Waals surface area contributed by atoms with Gasteiger partial charge >= 0.3 is 0 Å². The van der Waals surface area contributed by atoms with Crippen molar-refractivity contribution in [1.29, 1.82) is 0 Å². The van der Waals surface area contributed by atoms with Crippen molar-refractivity contribution in [3.8, 4) is 11.5 Å². The van der Waals surface area contributed by atoms with E-state index in [0.717, 1.165) is 13.0 Å². The Morgan fingerprint density at radius 1 is 1.00 bits per heavy atom. The van der Waals surface area contributed by atoms with E-state index in [1.54, 1.807) is 0 Å². The van der Waals surface area contributed by atoms with Gasteiger partial charge in [0.25, 0.3) is 0 Å². The van der Waals surface area contributed by atoms with Crippen molar-refractivity contribution in [2.24, 2.45) is 0 Å². The number of carbonyl (C=O) groups is 3. The van der Waals surface area contributed by atoms with E-state index in [0.29, 0.717) is 0 Å². The third-order valence-corrected chi connectivity index (χ3v) is 5.42. The fourth-order valence-electron chi connectivity index (χ4n) is 4.04. The quantitative estimate of drug-likeness (QED) is 0.484. The Kier molecular flexibility index (Phi) is 3.73. The molecular formula is C20H16O8. The number of hydrogen-bond acceptors (Lipinski definition) is 8. The van der Waals surface area contributed by atoms with Crippen LogP contribution in [0.3, 0.4) is 0 Å². The molecule has 0 fully saturated rings. The van der Waals surface area contributed by atoms with E-state index in [1.165, 1.54) is 25.3 Å². The summed E-state index contributed by atoms with van der Waals surface area (Å²) in [6.45, 7) is 1.16. The number of phenols is 2. The van der Waals surface area contributed by atoms with Crippen molar-refractivity contribution in [1.82, 2.24) is 0 Å². The molecule has 0 heterocycles. The number of hydrogen-bond donors (Lipinski definition) is 4. The monoisotopic (exact) mass is 384 g/mol. The van der Waals surface area contributed by atoms with Crippen LogP contribution in [0.1, 0.15) is 60.8 Å². The summed E-state index contributed by atoms with van der Waals surface area (Å²) in [7, 11) is 1.18. The second-order valence-corrected chi connectivity index (χ2v) is 7.04. The van der Waals surface area contributed by atoms with Gasteiger partial charge < -0.3 is 25.2 Å². The fourth-order valence-corrected chi connectivity index (χ4v) is 4.04. The number of methoxy groups -OCH3 is 1. The summed E-state index contributed by atoms with van der Waals surface area (Å²) in [5.74, 6) is -3.52. The molecule has 0 spiro atoms. The highest BCUT2D eigenvalue weighted by atomic mass is 16.5. The lowest BCUT2D eigenvalue weighted by Gasteiger charge is -2.39. The van der Waals surface area contributed by atoms with Crippen LogP contribution in [0.15, 0.2) is 24.3 Å². The second-order valence-electron chi connectivity index (χ2n) is 7.04. The van der Waals surface area contributed by atoms with Crippen LogP contribution >= 0.6 is 0 Å². The molecule has 8 nitrogen and oxygen atoms in total. The molecule has 4 N–H and O–H groups in total. The maximum atomic E-state index is 12.9. The molecule has 0 saturated carbocycles. The molecular weight excluding hydrogens is 368 g/mol. The fraction of sp³-hybridized carbons (Fsp3) is 0.250. The summed E-state index contributed by atoms with van der Waals surface area (Å²) >= 11 is 0. The largest absolute Gasteiger partial charge is 0.507 e. The van der Waals surface area contributed by atoms with Gasteiger partial charge in [0.1, 0.15) is 23.7 Å². The highest BCUT2D eigenvalue weighted by molar-refractivity contribution is 6.31. The molecule has 4 rings (SSSR count). The number of aromatic hydroxyl groups is 2. The number of ketones is 3. The average molecular weight is 384 g/mol. The first-order valence-corrected chi connectivity index (χ1v) is 8.42. The van der Waals surface area contributed by atoms with Crippen molar-refractivity contribution in [3.63, 3.8) is 0 Å². The molecule has 28 heavy (non-hydrogen) atoms. The van der Waals surface area contributed by atoms with Gasteiger partial charge in [0.2, 0.25) is 5.78 Å². The van der Waals surface area contributed by atoms with Crippen LogP contribution < -0.4 is 0 Å². The first-order valence-electron chi connectivity index (χ1n) is 8.42. The van der Waals surface area contributed by atoms with Gasteiger partial charge in [-0.05, 0) is 19.1 Å². The Morgan fingerprint density at radius 2 is 1.68 bits per heavy atom. The molecule has 0 radical (unpaired) electrons. The van der Waals surface area contributed by atoms with Crippen molar-refractivity contribution in [2.75, 3.05) is 7.11 Å². The van der Waals surface area contributed by atoms with E-state index in [-0.39, 0.29) is 27.8 Å². The third-order valence-electron chi connectivity index (χ3n) is 5.42. The number of aliphatic hydroxyl groups excluding tert-OH is 1. The van der Waals surface area contributed by atoms with Crippen LogP contribution in [0, 0.1) is 0 Å². The molecule has 0 amide bonds. The lowest BCUT2D eigenvalue weighted by atomic mass is 9.72. The molecule has 2 aromatic carbocycles. The maximum absolute atomic E-state index is 12.9. The van der Waals surface area contributed by atoms with E-state index in [4.69, 9.17) is 4.74 Å². The van der Waals surface area contributed by atoms with Crippen LogP contribution in [0.5, 0.6) is 11.5 Å². The molecule has 144 valence electrons. The van der Waals surface area contributed by atoms with Gasteiger partial charge in [-0.3, -0.25) is 14.4 Å². The van der Waals surface area contributed by atoms with Crippen molar-refractivity contribution in [3.05, 3.63) is 57.6 Å². The number of aliphatic hydroxyl groups is 2. The Bertz CT molecular complexity index is 1080. The van der Waals surface area contributed by atoms with Gasteiger partial charge in [-0.2, -0.15) is 0 Å². The van der Waals surface area contributed by atoms with Crippen molar-refractivity contribution in [2.45, 2.75) is 24.7 Å². The number of rotatable bonds is 1. The van der Waals surface area contributed by atoms with Crippen LogP contribution in [-0.2, 0) is 4.74 Å². The van der Waals surface area contributed by atoms with Gasteiger partial charge in [0, 0.05) is 29.4 Å². The predicted molar refractivity (Wildman–Crippen MR) is 93.8 cm³/mol. The predicted octanol–water partition coefficient (Wildman–Crippen LogP) is 0.869. The smallest absolute Gasteiger partial charge is 0.201 e. The number of phenolic OH excluding ortho intramolecular Hbond substituents is 2. The molecule has 0 bridgehead atoms. The maximum Gasteiger partial charge on any atom is 0.201 e. The summed E-state index contributed by atoms with van der Waals surface area (Å²) < 4.78 is 5.04. The number of benzene rings is 2. The number of carbonyl (C=O) groups excluding carboxylic acids is 3. The zero-order valence-electron chi connectivity index (χ0n) is 14.9. The number of fused-ring (bicyclic) bond motifs is 3. The van der Waals surface area contributed by atoms with Crippen LogP contribution in [0.25, 0.3) is 0 Å². The minimum atomic E-state index is -2.11. The minimum absolute atomic E-state index is 0.0674. The molecule has 0 unspecified atom stereocenters. The van der Waals surface area contributed by atoms with Gasteiger partial charge in [0.15, 0.2) is 17.2 Å². The van der Waals surface area contributed by atoms with E-state index in [2.05, 4.69) is 0 Å². The molecule has 2 aliphatic rings. The van der Waals surface area contributed by atoms with Crippen LogP contribution in [-0.4, -0.2) is 56.6 Å². The SMILES string of the molecule is CO[C@H]1[C@H](O)c2c(cc3c(c2O)C(=O)c2c(O)cccc2C3=O)C(=O)[C@]1(C)O. The van der Waals surface area contributed by atoms with Crippen molar-refractivity contribution >= 4 is 17.3 Å². The summed E-state index contributed by atoms with van der Waals surface area (Å²) in [6.07, 6.45) is -3.03. The Balaban J connectivity index is 2.05. The molecule has 0 aliphatic heterocycles.